The highest BCUT2D eigenvalue weighted by Gasteiger charge is 2.56. The predicted molar refractivity (Wildman–Crippen MR) is 92.3 cm³/mol. The number of aliphatic carboxylic acids is 1. The van der Waals surface area contributed by atoms with Crippen LogP contribution in [0.5, 0.6) is 0 Å². The first kappa shape index (κ1) is 16.4. The fourth-order valence-electron chi connectivity index (χ4n) is 4.68. The van der Waals surface area contributed by atoms with E-state index in [1.54, 1.807) is 0 Å². The first-order valence-electron chi connectivity index (χ1n) is 8.68. The highest BCUT2D eigenvalue weighted by atomic mass is 32.2. The maximum absolute atomic E-state index is 13.1. The van der Waals surface area contributed by atoms with E-state index in [-0.39, 0.29) is 10.7 Å². The summed E-state index contributed by atoms with van der Waals surface area (Å²) >= 11 is 1.84. The Morgan fingerprint density at radius 2 is 1.96 bits per heavy atom. The van der Waals surface area contributed by atoms with Crippen molar-refractivity contribution in [1.29, 1.82) is 0 Å². The van der Waals surface area contributed by atoms with E-state index in [1.807, 2.05) is 23.9 Å². The molecule has 3 atom stereocenters. The van der Waals surface area contributed by atoms with Crippen molar-refractivity contribution in [1.82, 2.24) is 10.2 Å². The van der Waals surface area contributed by atoms with Crippen LogP contribution in [0.2, 0.25) is 0 Å². The number of carboxylic acid groups (broad SMARTS) is 1. The summed E-state index contributed by atoms with van der Waals surface area (Å²) in [4.78, 5) is 13.8. The van der Waals surface area contributed by atoms with Gasteiger partial charge in [-0.05, 0) is 42.4 Å². The predicted octanol–water partition coefficient (Wildman–Crippen LogP) is 2.54. The highest BCUT2D eigenvalue weighted by molar-refractivity contribution is 8.01. The summed E-state index contributed by atoms with van der Waals surface area (Å²) in [5.74, 6) is 0.714. The molecule has 6 heteroatoms. The van der Waals surface area contributed by atoms with E-state index in [9.17, 15) is 14.3 Å². The van der Waals surface area contributed by atoms with Gasteiger partial charge in [-0.15, -0.1) is 11.8 Å². The number of benzene rings is 1. The Morgan fingerprint density at radius 3 is 2.54 bits per heavy atom. The van der Waals surface area contributed by atoms with Gasteiger partial charge >= 0.3 is 5.97 Å². The van der Waals surface area contributed by atoms with Crippen LogP contribution >= 0.6 is 11.8 Å². The second-order valence-corrected chi connectivity index (χ2v) is 8.58. The van der Waals surface area contributed by atoms with Crippen molar-refractivity contribution in [2.24, 2.45) is 11.8 Å². The first-order valence-corrected chi connectivity index (χ1v) is 9.66. The number of hydrogen-bond acceptors (Lipinski definition) is 4. The molecule has 2 heterocycles. The standard InChI is InChI=1S/C18H23FN2O2S/c19-15-6-4-12(5-7-15)8-21-9-13-2-1-3-14(10-21)18(13)20-16(11-24-18)17(22)23/h4-7,13-14,16,20H,1-3,8-11H2,(H,22,23). The van der Waals surface area contributed by atoms with Crippen LogP contribution in [0.3, 0.4) is 0 Å². The third-order valence-corrected chi connectivity index (χ3v) is 7.54. The number of carboxylic acids is 1. The molecule has 2 bridgehead atoms. The number of nitrogens with zero attached hydrogens (tertiary/aromatic N) is 1. The largest absolute Gasteiger partial charge is 0.480 e. The molecule has 24 heavy (non-hydrogen) atoms. The van der Waals surface area contributed by atoms with Gasteiger partial charge < -0.3 is 5.11 Å². The fraction of sp³-hybridized carbons (Fsp3) is 0.611. The number of piperidine rings is 1. The highest BCUT2D eigenvalue weighted by Crippen LogP contribution is 2.52. The van der Waals surface area contributed by atoms with Crippen LogP contribution in [0, 0.1) is 17.7 Å². The molecule has 2 saturated heterocycles. The number of rotatable bonds is 3. The Balaban J connectivity index is 1.49. The van der Waals surface area contributed by atoms with Crippen molar-refractivity contribution >= 4 is 17.7 Å². The van der Waals surface area contributed by atoms with Gasteiger partial charge in [0, 0.05) is 25.4 Å². The minimum absolute atomic E-state index is 0.0550. The normalized spacial score (nSPS) is 36.1. The lowest BCUT2D eigenvalue weighted by atomic mass is 9.72. The van der Waals surface area contributed by atoms with Crippen LogP contribution in [-0.4, -0.2) is 45.7 Å². The van der Waals surface area contributed by atoms with Gasteiger partial charge in [0.25, 0.3) is 0 Å². The molecule has 4 nitrogen and oxygen atoms in total. The topological polar surface area (TPSA) is 52.6 Å². The van der Waals surface area contributed by atoms with Crippen molar-refractivity contribution < 1.29 is 14.3 Å². The molecule has 2 N–H and O–H groups in total. The average molecular weight is 350 g/mol. The Hall–Kier alpha value is -1.11. The minimum atomic E-state index is -0.730. The zero-order valence-electron chi connectivity index (χ0n) is 13.6. The van der Waals surface area contributed by atoms with Gasteiger partial charge in [0.2, 0.25) is 0 Å². The quantitative estimate of drug-likeness (QED) is 0.877. The molecule has 0 radical (unpaired) electrons. The van der Waals surface area contributed by atoms with Crippen LogP contribution < -0.4 is 5.32 Å². The molecule has 2 aliphatic heterocycles. The maximum Gasteiger partial charge on any atom is 0.321 e. The fourth-order valence-corrected chi connectivity index (χ4v) is 6.43. The Bertz CT molecular complexity index is 610. The molecule has 1 aromatic carbocycles. The van der Waals surface area contributed by atoms with Crippen molar-refractivity contribution in [3.8, 4) is 0 Å². The third kappa shape index (κ3) is 2.85. The van der Waals surface area contributed by atoms with Gasteiger partial charge in [-0.3, -0.25) is 15.0 Å². The van der Waals surface area contributed by atoms with Gasteiger partial charge in [-0.1, -0.05) is 18.6 Å². The molecule has 1 aliphatic carbocycles. The monoisotopic (exact) mass is 350 g/mol. The number of nitrogens with one attached hydrogen (secondary N) is 1. The molecule has 1 spiro atoms. The molecule has 3 unspecified atom stereocenters. The smallest absolute Gasteiger partial charge is 0.321 e. The van der Waals surface area contributed by atoms with E-state index in [2.05, 4.69) is 10.2 Å². The first-order chi connectivity index (χ1) is 11.6. The number of halogens is 1. The summed E-state index contributed by atoms with van der Waals surface area (Å²) in [7, 11) is 0. The minimum Gasteiger partial charge on any atom is -0.480 e. The molecular weight excluding hydrogens is 327 g/mol. The number of likely N-dealkylation sites (tertiary alicyclic amines) is 1. The molecule has 3 aliphatic rings. The van der Waals surface area contributed by atoms with Crippen molar-refractivity contribution in [3.05, 3.63) is 35.6 Å². The number of thioether (sulfide) groups is 1. The van der Waals surface area contributed by atoms with Gasteiger partial charge in [0.05, 0.1) is 4.87 Å². The summed E-state index contributed by atoms with van der Waals surface area (Å²) in [5.41, 5.74) is 1.14. The molecule has 130 valence electrons. The molecule has 1 aromatic rings. The lowest BCUT2D eigenvalue weighted by Gasteiger charge is -2.54. The van der Waals surface area contributed by atoms with Crippen LogP contribution in [-0.2, 0) is 11.3 Å². The van der Waals surface area contributed by atoms with Crippen molar-refractivity contribution in [3.63, 3.8) is 0 Å². The summed E-state index contributed by atoms with van der Waals surface area (Å²) < 4.78 is 13.1. The average Bonchev–Trinajstić information content (AvgIpc) is 2.96. The van der Waals surface area contributed by atoms with E-state index in [0.717, 1.165) is 38.0 Å². The number of carbonyl (C=O) groups is 1. The van der Waals surface area contributed by atoms with Gasteiger partial charge in [0.15, 0.2) is 0 Å². The summed E-state index contributed by atoms with van der Waals surface area (Å²) in [6.07, 6.45) is 3.55. The Labute approximate surface area is 145 Å². The Morgan fingerprint density at radius 1 is 1.29 bits per heavy atom. The van der Waals surface area contributed by atoms with E-state index >= 15 is 0 Å². The molecule has 0 amide bonds. The van der Waals surface area contributed by atoms with Crippen molar-refractivity contribution in [2.45, 2.75) is 36.7 Å². The molecule has 3 fully saturated rings. The maximum atomic E-state index is 13.1. The number of hydrogen-bond donors (Lipinski definition) is 2. The van der Waals surface area contributed by atoms with Gasteiger partial charge in [-0.25, -0.2) is 4.39 Å². The lowest BCUT2D eigenvalue weighted by Crippen LogP contribution is -2.64. The zero-order valence-corrected chi connectivity index (χ0v) is 14.4. The summed E-state index contributed by atoms with van der Waals surface area (Å²) in [6.45, 7) is 2.82. The lowest BCUT2D eigenvalue weighted by molar-refractivity contribution is -0.139. The van der Waals surface area contributed by atoms with E-state index in [1.165, 1.54) is 18.6 Å². The van der Waals surface area contributed by atoms with Crippen LogP contribution in [0.1, 0.15) is 24.8 Å². The second kappa shape index (κ2) is 6.32. The van der Waals surface area contributed by atoms with Crippen LogP contribution in [0.15, 0.2) is 24.3 Å². The van der Waals surface area contributed by atoms with Crippen molar-refractivity contribution in [2.75, 3.05) is 18.8 Å². The van der Waals surface area contributed by atoms with Crippen LogP contribution in [0.25, 0.3) is 0 Å². The molecule has 4 rings (SSSR count). The molecular formula is C18H23FN2O2S. The van der Waals surface area contributed by atoms with E-state index < -0.39 is 12.0 Å². The van der Waals surface area contributed by atoms with Gasteiger partial charge in [0.1, 0.15) is 11.9 Å². The second-order valence-electron chi connectivity index (χ2n) is 7.28. The molecule has 0 aromatic heterocycles. The zero-order chi connectivity index (χ0) is 16.7. The third-order valence-electron chi connectivity index (χ3n) is 5.78. The van der Waals surface area contributed by atoms with E-state index in [0.29, 0.717) is 17.6 Å². The van der Waals surface area contributed by atoms with Gasteiger partial charge in [-0.2, -0.15) is 0 Å². The Kier molecular flexibility index (Phi) is 4.31. The summed E-state index contributed by atoms with van der Waals surface area (Å²) in [5, 5.41) is 12.8. The summed E-state index contributed by atoms with van der Waals surface area (Å²) in [6, 6.07) is 6.35. The van der Waals surface area contributed by atoms with Crippen LogP contribution in [0.4, 0.5) is 4.39 Å². The van der Waals surface area contributed by atoms with E-state index in [4.69, 9.17) is 0 Å². The SMILES string of the molecule is O=C(O)C1CSC2(N1)C1CCCC2CN(Cc2ccc(F)cc2)C1. The molecule has 1 saturated carbocycles.